The molecule has 9 heteroatoms. The van der Waals surface area contributed by atoms with Crippen molar-refractivity contribution in [2.75, 3.05) is 19.0 Å². The summed E-state index contributed by atoms with van der Waals surface area (Å²) in [4.78, 5) is 45.2. The number of carbonyl (C=O) groups excluding carboxylic acids is 3. The molecule has 4 aromatic rings. The van der Waals surface area contributed by atoms with Gasteiger partial charge in [-0.15, -0.1) is 0 Å². The Kier molecular flexibility index (Phi) is 8.77. The maximum Gasteiger partial charge on any atom is 0.411 e. The highest BCUT2D eigenvalue weighted by molar-refractivity contribution is 6.04. The summed E-state index contributed by atoms with van der Waals surface area (Å²) >= 11 is 0. The van der Waals surface area contributed by atoms with Crippen LogP contribution in [-0.2, 0) is 22.5 Å². The molecule has 2 heterocycles. The lowest BCUT2D eigenvalue weighted by Gasteiger charge is -2.24. The summed E-state index contributed by atoms with van der Waals surface area (Å²) in [5.41, 5.74) is 4.51. The summed E-state index contributed by atoms with van der Waals surface area (Å²) in [5, 5.41) is 5.83. The highest BCUT2D eigenvalue weighted by atomic mass is 16.6. The standard InChI is InChI=1S/C33H32N4O5/c1-22-6-5-7-23(20-22)21-37-29(32(39)35-19-17-26-8-3-4-18-34-26)30(42-33(37)40)24-9-13-27(14-10-24)36-31(38)25-11-15-28(41-2)16-12-25/h3-16,18,20,29-30H,17,19,21H2,1-2H3,(H,35,39)(H,36,38)/t29-,30-/m0/s1. The van der Waals surface area contributed by atoms with Crippen LogP contribution in [0.15, 0.2) is 97.2 Å². The number of aryl methyl sites for hydroxylation is 1. The Labute approximate surface area is 244 Å². The smallest absolute Gasteiger partial charge is 0.411 e. The van der Waals surface area contributed by atoms with Crippen LogP contribution in [0.4, 0.5) is 10.5 Å². The number of benzene rings is 3. The number of nitrogens with zero attached hydrogens (tertiary/aromatic N) is 2. The Hall–Kier alpha value is -5.18. The van der Waals surface area contributed by atoms with Crippen molar-refractivity contribution in [2.24, 2.45) is 0 Å². The first-order valence-electron chi connectivity index (χ1n) is 13.7. The van der Waals surface area contributed by atoms with Gasteiger partial charge in [-0.2, -0.15) is 0 Å². The third kappa shape index (κ3) is 6.75. The van der Waals surface area contributed by atoms with Gasteiger partial charge in [-0.05, 0) is 66.6 Å². The number of rotatable bonds is 10. The van der Waals surface area contributed by atoms with E-state index in [9.17, 15) is 14.4 Å². The number of amides is 3. The molecule has 2 atom stereocenters. The third-order valence-corrected chi connectivity index (χ3v) is 7.04. The topological polar surface area (TPSA) is 110 Å². The molecule has 0 aliphatic carbocycles. The summed E-state index contributed by atoms with van der Waals surface area (Å²) < 4.78 is 10.9. The minimum absolute atomic E-state index is 0.228. The van der Waals surface area contributed by atoms with Gasteiger partial charge in [0.15, 0.2) is 12.1 Å². The Balaban J connectivity index is 1.33. The van der Waals surface area contributed by atoms with Crippen LogP contribution < -0.4 is 15.4 Å². The largest absolute Gasteiger partial charge is 0.497 e. The monoisotopic (exact) mass is 564 g/mol. The zero-order chi connectivity index (χ0) is 29.5. The molecule has 0 spiro atoms. The lowest BCUT2D eigenvalue weighted by Crippen LogP contribution is -2.46. The minimum atomic E-state index is -0.888. The van der Waals surface area contributed by atoms with E-state index in [1.54, 1.807) is 61.8 Å². The zero-order valence-electron chi connectivity index (χ0n) is 23.4. The van der Waals surface area contributed by atoms with Crippen LogP contribution in [0.1, 0.15) is 38.8 Å². The lowest BCUT2D eigenvalue weighted by atomic mass is 10.00. The highest BCUT2D eigenvalue weighted by Gasteiger charge is 2.46. The Bertz CT molecular complexity index is 1540. The van der Waals surface area contributed by atoms with Crippen LogP contribution in [0.25, 0.3) is 0 Å². The molecule has 5 rings (SSSR count). The van der Waals surface area contributed by atoms with Gasteiger partial charge in [0, 0.05) is 36.1 Å². The minimum Gasteiger partial charge on any atom is -0.497 e. The van der Waals surface area contributed by atoms with E-state index in [2.05, 4.69) is 15.6 Å². The average Bonchev–Trinajstić information content (AvgIpc) is 3.33. The predicted octanol–water partition coefficient (Wildman–Crippen LogP) is 5.07. The van der Waals surface area contributed by atoms with Crippen molar-refractivity contribution in [3.63, 3.8) is 0 Å². The van der Waals surface area contributed by atoms with Crippen LogP contribution >= 0.6 is 0 Å². The third-order valence-electron chi connectivity index (χ3n) is 7.04. The van der Waals surface area contributed by atoms with Crippen LogP contribution in [0.3, 0.4) is 0 Å². The Morgan fingerprint density at radius 2 is 1.76 bits per heavy atom. The molecule has 0 radical (unpaired) electrons. The first-order chi connectivity index (χ1) is 20.4. The number of hydrogen-bond acceptors (Lipinski definition) is 6. The molecule has 2 N–H and O–H groups in total. The van der Waals surface area contributed by atoms with Gasteiger partial charge in [-0.1, -0.05) is 48.0 Å². The summed E-state index contributed by atoms with van der Waals surface area (Å²) in [6.45, 7) is 2.57. The van der Waals surface area contributed by atoms with Gasteiger partial charge >= 0.3 is 6.09 Å². The molecule has 0 saturated carbocycles. The van der Waals surface area contributed by atoms with E-state index < -0.39 is 18.2 Å². The molecule has 1 aliphatic rings. The molecule has 214 valence electrons. The van der Waals surface area contributed by atoms with Crippen molar-refractivity contribution in [3.05, 3.63) is 125 Å². The molecule has 0 bridgehead atoms. The molecule has 1 aromatic heterocycles. The molecule has 0 unspecified atom stereocenters. The van der Waals surface area contributed by atoms with Crippen molar-refractivity contribution in [1.29, 1.82) is 0 Å². The van der Waals surface area contributed by atoms with Gasteiger partial charge in [0.05, 0.1) is 13.7 Å². The Morgan fingerprint density at radius 1 is 0.976 bits per heavy atom. The van der Waals surface area contributed by atoms with Crippen molar-refractivity contribution >= 4 is 23.6 Å². The Morgan fingerprint density at radius 3 is 2.45 bits per heavy atom. The van der Waals surface area contributed by atoms with E-state index in [1.165, 1.54) is 4.90 Å². The van der Waals surface area contributed by atoms with Crippen LogP contribution in [-0.4, -0.2) is 47.5 Å². The maximum atomic E-state index is 13.6. The first-order valence-corrected chi connectivity index (χ1v) is 13.7. The predicted molar refractivity (Wildman–Crippen MR) is 158 cm³/mol. The molecular weight excluding hydrogens is 532 g/mol. The number of hydrogen-bond donors (Lipinski definition) is 2. The van der Waals surface area contributed by atoms with Crippen LogP contribution in [0.5, 0.6) is 5.75 Å². The van der Waals surface area contributed by atoms with Gasteiger partial charge in [-0.3, -0.25) is 19.5 Å². The lowest BCUT2D eigenvalue weighted by molar-refractivity contribution is -0.126. The summed E-state index contributed by atoms with van der Waals surface area (Å²) in [6.07, 6.45) is 0.870. The van der Waals surface area contributed by atoms with Crippen LogP contribution in [0, 0.1) is 6.92 Å². The van der Waals surface area contributed by atoms with Crippen molar-refractivity contribution < 1.29 is 23.9 Å². The van der Waals surface area contributed by atoms with Crippen molar-refractivity contribution in [1.82, 2.24) is 15.2 Å². The SMILES string of the molecule is COc1ccc(C(=O)Nc2ccc([C@@H]3OC(=O)N(Cc4cccc(C)c4)[C@@H]3C(=O)NCCc3ccccn3)cc2)cc1. The second kappa shape index (κ2) is 13.0. The fourth-order valence-corrected chi connectivity index (χ4v) is 4.88. The number of aromatic nitrogens is 1. The molecule has 1 aliphatic heterocycles. The summed E-state index contributed by atoms with van der Waals surface area (Å²) in [7, 11) is 1.57. The number of anilines is 1. The van der Waals surface area contributed by atoms with E-state index in [1.807, 2.05) is 49.4 Å². The van der Waals surface area contributed by atoms with Crippen molar-refractivity contribution in [3.8, 4) is 5.75 Å². The number of cyclic esters (lactones) is 1. The highest BCUT2D eigenvalue weighted by Crippen LogP contribution is 2.34. The maximum absolute atomic E-state index is 13.6. The second-order valence-electron chi connectivity index (χ2n) is 10.0. The fraction of sp³-hybridized carbons (Fsp3) is 0.212. The van der Waals surface area contributed by atoms with Gasteiger partial charge < -0.3 is 20.1 Å². The summed E-state index contributed by atoms with van der Waals surface area (Å²) in [5.74, 6) is 0.0762. The van der Waals surface area contributed by atoms with Gasteiger partial charge in [0.1, 0.15) is 5.75 Å². The van der Waals surface area contributed by atoms with Gasteiger partial charge in [-0.25, -0.2) is 4.79 Å². The van der Waals surface area contributed by atoms with E-state index in [-0.39, 0.29) is 18.4 Å². The van der Waals surface area contributed by atoms with E-state index in [0.29, 0.717) is 35.5 Å². The first kappa shape index (κ1) is 28.4. The molecule has 9 nitrogen and oxygen atoms in total. The quantitative estimate of drug-likeness (QED) is 0.278. The number of carbonyl (C=O) groups is 3. The molecular formula is C33H32N4O5. The fourth-order valence-electron chi connectivity index (χ4n) is 4.88. The number of pyridine rings is 1. The number of ether oxygens (including phenoxy) is 2. The van der Waals surface area contributed by atoms with E-state index in [0.717, 1.165) is 16.8 Å². The molecule has 3 amide bonds. The molecule has 3 aromatic carbocycles. The van der Waals surface area contributed by atoms with Crippen molar-refractivity contribution in [2.45, 2.75) is 32.0 Å². The molecule has 1 saturated heterocycles. The molecule has 1 fully saturated rings. The second-order valence-corrected chi connectivity index (χ2v) is 10.0. The number of methoxy groups -OCH3 is 1. The molecule has 42 heavy (non-hydrogen) atoms. The summed E-state index contributed by atoms with van der Waals surface area (Å²) in [6, 6.07) is 26.3. The zero-order valence-corrected chi connectivity index (χ0v) is 23.4. The normalized spacial score (nSPS) is 16.0. The average molecular weight is 565 g/mol. The van der Waals surface area contributed by atoms with Gasteiger partial charge in [0.25, 0.3) is 5.91 Å². The van der Waals surface area contributed by atoms with E-state index >= 15 is 0 Å². The van der Waals surface area contributed by atoms with E-state index in [4.69, 9.17) is 9.47 Å². The number of nitrogens with one attached hydrogen (secondary N) is 2. The van der Waals surface area contributed by atoms with Crippen LogP contribution in [0.2, 0.25) is 0 Å². The van der Waals surface area contributed by atoms with Gasteiger partial charge in [0.2, 0.25) is 5.91 Å².